The van der Waals surface area contributed by atoms with E-state index in [1.165, 1.54) is 11.4 Å². The van der Waals surface area contributed by atoms with Gasteiger partial charge in [0.05, 0.1) is 25.2 Å². The molecule has 0 aromatic heterocycles. The maximum atomic E-state index is 13.6. The fourth-order valence-corrected chi connectivity index (χ4v) is 9.10. The molecule has 8 heteroatoms. The summed E-state index contributed by atoms with van der Waals surface area (Å²) in [6, 6.07) is 0. The summed E-state index contributed by atoms with van der Waals surface area (Å²) < 4.78 is 30.5. The maximum Gasteiger partial charge on any atom is 0.311 e. The highest BCUT2D eigenvalue weighted by atomic mass is 32.7. The van der Waals surface area contributed by atoms with E-state index in [4.69, 9.17) is 14.0 Å². The van der Waals surface area contributed by atoms with Gasteiger partial charge in [-0.2, -0.15) is 0 Å². The van der Waals surface area contributed by atoms with Crippen LogP contribution >= 0.6 is 18.0 Å². The van der Waals surface area contributed by atoms with Crippen LogP contribution in [0.15, 0.2) is 0 Å². The minimum Gasteiger partial charge on any atom is -0.464 e. The van der Waals surface area contributed by atoms with Gasteiger partial charge >= 0.3 is 5.97 Å². The summed E-state index contributed by atoms with van der Waals surface area (Å²) in [5.74, 6) is 0.908. The zero-order valence-electron chi connectivity index (χ0n) is 20.1. The van der Waals surface area contributed by atoms with Crippen LogP contribution in [-0.2, 0) is 23.4 Å². The van der Waals surface area contributed by atoms with Gasteiger partial charge in [0.15, 0.2) is 0 Å². The van der Waals surface area contributed by atoms with Crippen molar-refractivity contribution >= 4 is 23.9 Å². The molecule has 0 aromatic rings. The summed E-state index contributed by atoms with van der Waals surface area (Å²) in [4.78, 5) is 14.9. The van der Waals surface area contributed by atoms with Gasteiger partial charge in [-0.1, -0.05) is 46.0 Å². The molecular formula is C22H44NO5PS. The Morgan fingerprint density at radius 3 is 2.37 bits per heavy atom. The van der Waals surface area contributed by atoms with Gasteiger partial charge in [-0.05, 0) is 45.1 Å². The average Bonchev–Trinajstić information content (AvgIpc) is 2.69. The highest BCUT2D eigenvalue weighted by Gasteiger charge is 2.36. The summed E-state index contributed by atoms with van der Waals surface area (Å²) in [5, 5.41) is 0. The van der Waals surface area contributed by atoms with Gasteiger partial charge in [-0.3, -0.25) is 14.3 Å². The van der Waals surface area contributed by atoms with E-state index in [1.807, 2.05) is 13.8 Å². The number of morpholine rings is 1. The molecule has 0 bridgehead atoms. The van der Waals surface area contributed by atoms with Gasteiger partial charge in [-0.15, -0.1) is 0 Å². The summed E-state index contributed by atoms with van der Waals surface area (Å²) in [5.41, 5.74) is -0.521. The predicted octanol–water partition coefficient (Wildman–Crippen LogP) is 5.31. The smallest absolute Gasteiger partial charge is 0.311 e. The van der Waals surface area contributed by atoms with Crippen molar-refractivity contribution in [3.05, 3.63) is 0 Å². The van der Waals surface area contributed by atoms with Crippen molar-refractivity contribution in [3.8, 4) is 0 Å². The normalized spacial score (nSPS) is 19.1. The van der Waals surface area contributed by atoms with Crippen LogP contribution in [0.5, 0.6) is 0 Å². The van der Waals surface area contributed by atoms with Crippen LogP contribution in [-0.4, -0.2) is 68.3 Å². The molecule has 1 saturated heterocycles. The molecule has 1 heterocycles. The molecular weight excluding hydrogens is 421 g/mol. The molecule has 0 aliphatic carbocycles. The maximum absolute atomic E-state index is 13.6. The largest absolute Gasteiger partial charge is 0.464 e. The van der Waals surface area contributed by atoms with Crippen molar-refractivity contribution in [3.63, 3.8) is 0 Å². The number of carbonyl (C=O) groups excluding carboxylic acids is 1. The zero-order valence-corrected chi connectivity index (χ0v) is 21.9. The average molecular weight is 466 g/mol. The molecule has 30 heavy (non-hydrogen) atoms. The Bertz CT molecular complexity index is 550. The highest BCUT2D eigenvalue weighted by Crippen LogP contribution is 2.66. The molecule has 0 N–H and O–H groups in total. The minimum atomic E-state index is -2.86. The molecule has 6 nitrogen and oxygen atoms in total. The summed E-state index contributed by atoms with van der Waals surface area (Å²) in [7, 11) is 0. The van der Waals surface area contributed by atoms with Crippen LogP contribution in [0.4, 0.5) is 0 Å². The van der Waals surface area contributed by atoms with Crippen LogP contribution in [0.2, 0.25) is 0 Å². The molecule has 0 amide bonds. The van der Waals surface area contributed by atoms with E-state index < -0.39 is 12.0 Å². The third kappa shape index (κ3) is 9.60. The molecule has 0 radical (unpaired) electrons. The summed E-state index contributed by atoms with van der Waals surface area (Å²) in [6.45, 7) is 16.4. The SMILES string of the molecule is CCC(C(C)C)P(=O)(OCC(C)C)SCCOC(=O)C(C)(C)CCN1CCOCC1. The van der Waals surface area contributed by atoms with E-state index in [-0.39, 0.29) is 24.2 Å². The number of carbonyl (C=O) groups is 1. The van der Waals surface area contributed by atoms with E-state index in [0.29, 0.717) is 18.3 Å². The molecule has 0 aromatic carbocycles. The molecule has 1 fully saturated rings. The van der Waals surface area contributed by atoms with Gasteiger partial charge in [0.25, 0.3) is 6.57 Å². The molecule has 0 spiro atoms. The summed E-state index contributed by atoms with van der Waals surface area (Å²) in [6.07, 6.45) is 1.56. The van der Waals surface area contributed by atoms with Crippen molar-refractivity contribution < 1.29 is 23.4 Å². The Kier molecular flexibility index (Phi) is 12.6. The Morgan fingerprint density at radius 1 is 1.20 bits per heavy atom. The molecule has 2 atom stereocenters. The van der Waals surface area contributed by atoms with Crippen LogP contribution in [0, 0.1) is 17.3 Å². The number of esters is 1. The van der Waals surface area contributed by atoms with Crippen LogP contribution in [0.1, 0.15) is 61.3 Å². The van der Waals surface area contributed by atoms with E-state index >= 15 is 0 Å². The Labute approximate surface area is 188 Å². The van der Waals surface area contributed by atoms with Crippen molar-refractivity contribution in [2.24, 2.45) is 17.3 Å². The topological polar surface area (TPSA) is 65.1 Å². The minimum absolute atomic E-state index is 0.0157. The quantitative estimate of drug-likeness (QED) is 0.196. The fourth-order valence-electron chi connectivity index (χ4n) is 3.40. The van der Waals surface area contributed by atoms with Crippen LogP contribution in [0.25, 0.3) is 0 Å². The first-order valence-corrected chi connectivity index (χ1v) is 14.7. The van der Waals surface area contributed by atoms with Gasteiger partial charge in [0.2, 0.25) is 0 Å². The standard InChI is InChI=1S/C22H44NO5PS/c1-8-20(19(4)5)29(25,28-17-18(2)3)30-16-15-27-21(24)22(6,7)9-10-23-11-13-26-14-12-23/h18-20H,8-17H2,1-7H3. The van der Waals surface area contributed by atoms with E-state index in [1.54, 1.807) is 0 Å². The molecule has 1 aliphatic heterocycles. The second kappa shape index (κ2) is 13.5. The first kappa shape index (κ1) is 28.0. The number of hydrogen-bond acceptors (Lipinski definition) is 7. The van der Waals surface area contributed by atoms with Gasteiger partial charge in [-0.25, -0.2) is 0 Å². The zero-order chi connectivity index (χ0) is 22.8. The molecule has 2 unspecified atom stereocenters. The lowest BCUT2D eigenvalue weighted by molar-refractivity contribution is -0.153. The lowest BCUT2D eigenvalue weighted by atomic mass is 9.89. The Balaban J connectivity index is 2.51. The number of rotatable bonds is 14. The van der Waals surface area contributed by atoms with Gasteiger partial charge in [0.1, 0.15) is 6.61 Å². The van der Waals surface area contributed by atoms with E-state index in [9.17, 15) is 9.36 Å². The summed E-state index contributed by atoms with van der Waals surface area (Å²) >= 11 is 1.35. The van der Waals surface area contributed by atoms with Crippen molar-refractivity contribution in [1.82, 2.24) is 4.90 Å². The second-order valence-corrected chi connectivity index (χ2v) is 14.5. The third-order valence-electron chi connectivity index (χ3n) is 5.48. The molecule has 0 saturated carbocycles. The first-order valence-electron chi connectivity index (χ1n) is 11.4. The molecule has 178 valence electrons. The molecule has 1 rings (SSSR count). The third-order valence-corrected chi connectivity index (χ3v) is 11.2. The monoisotopic (exact) mass is 465 g/mol. The lowest BCUT2D eigenvalue weighted by Crippen LogP contribution is -2.39. The lowest BCUT2D eigenvalue weighted by Gasteiger charge is -2.31. The second-order valence-electron chi connectivity index (χ2n) is 9.51. The first-order chi connectivity index (χ1) is 14.0. The van der Waals surface area contributed by atoms with Crippen molar-refractivity contribution in [2.75, 3.05) is 51.8 Å². The predicted molar refractivity (Wildman–Crippen MR) is 126 cm³/mol. The van der Waals surface area contributed by atoms with Gasteiger partial charge in [0, 0.05) is 24.5 Å². The van der Waals surface area contributed by atoms with Gasteiger partial charge < -0.3 is 14.0 Å². The Hall–Kier alpha value is -0.0700. The van der Waals surface area contributed by atoms with Crippen molar-refractivity contribution in [1.29, 1.82) is 0 Å². The van der Waals surface area contributed by atoms with E-state index in [2.05, 4.69) is 39.5 Å². The van der Waals surface area contributed by atoms with Crippen LogP contribution < -0.4 is 0 Å². The Morgan fingerprint density at radius 2 is 1.83 bits per heavy atom. The van der Waals surface area contributed by atoms with Crippen molar-refractivity contribution in [2.45, 2.75) is 67.0 Å². The number of ether oxygens (including phenoxy) is 2. The van der Waals surface area contributed by atoms with Crippen LogP contribution in [0.3, 0.4) is 0 Å². The van der Waals surface area contributed by atoms with E-state index in [0.717, 1.165) is 45.7 Å². The molecule has 1 aliphatic rings. The number of nitrogens with zero attached hydrogens (tertiary/aromatic N) is 1. The fraction of sp³-hybridized carbons (Fsp3) is 0.955. The highest BCUT2D eigenvalue weighted by molar-refractivity contribution is 8.56. The number of hydrogen-bond donors (Lipinski definition) is 0.